The van der Waals surface area contributed by atoms with Crippen LogP contribution in [0.1, 0.15) is 136 Å². The van der Waals surface area contributed by atoms with Crippen molar-refractivity contribution in [3.05, 3.63) is 148 Å². The Morgan fingerprint density at radius 2 is 1.48 bits per heavy atom. The Morgan fingerprint density at radius 1 is 0.839 bits per heavy atom. The highest BCUT2D eigenvalue weighted by atomic mass is 35.5. The lowest BCUT2D eigenvalue weighted by Gasteiger charge is -2.62. The molecular formula is C52H67ClN2O. The third-order valence-electron chi connectivity index (χ3n) is 16.2. The largest absolute Gasteiger partial charge is 0.393 e. The summed E-state index contributed by atoms with van der Waals surface area (Å²) in [5.41, 5.74) is 9.11. The van der Waals surface area contributed by atoms with Gasteiger partial charge in [0.1, 0.15) is 5.54 Å². The van der Waals surface area contributed by atoms with Crippen LogP contribution in [0.4, 0.5) is 0 Å². The number of allylic oxidation sites excluding steroid dienone is 4. The van der Waals surface area contributed by atoms with Crippen molar-refractivity contribution in [2.45, 2.75) is 131 Å². The zero-order valence-corrected chi connectivity index (χ0v) is 36.2. The number of nitrogens with zero attached hydrogens (tertiary/aromatic N) is 2. The predicted octanol–water partition coefficient (Wildman–Crippen LogP) is 13.9. The summed E-state index contributed by atoms with van der Waals surface area (Å²) in [7, 11) is 0. The molecule has 3 aromatic carbocycles. The Hall–Kier alpha value is -3.40. The van der Waals surface area contributed by atoms with Gasteiger partial charge in [-0.15, -0.1) is 0 Å². The van der Waals surface area contributed by atoms with Crippen LogP contribution in [0, 0.1) is 39.4 Å². The zero-order valence-electron chi connectivity index (χ0n) is 35.5. The maximum absolute atomic E-state index is 10.8. The van der Waals surface area contributed by atoms with Gasteiger partial charge in [-0.1, -0.05) is 155 Å². The van der Waals surface area contributed by atoms with E-state index in [4.69, 9.17) is 11.6 Å². The Kier molecular flexibility index (Phi) is 11.5. The Morgan fingerprint density at radius 3 is 2.09 bits per heavy atom. The van der Waals surface area contributed by atoms with E-state index < -0.39 is 5.54 Å². The molecule has 7 atom stereocenters. The molecule has 3 nitrogen and oxygen atoms in total. The van der Waals surface area contributed by atoms with Crippen molar-refractivity contribution in [3.63, 3.8) is 0 Å². The van der Waals surface area contributed by atoms with Crippen molar-refractivity contribution in [1.82, 2.24) is 9.55 Å². The molecule has 2 fully saturated rings. The topological polar surface area (TPSA) is 38.0 Å². The molecule has 2 saturated carbocycles. The van der Waals surface area contributed by atoms with Crippen LogP contribution < -0.4 is 0 Å². The number of halogens is 1. The molecule has 0 radical (unpaired) electrons. The molecule has 0 spiro atoms. The molecule has 1 aromatic heterocycles. The third kappa shape index (κ3) is 6.67. The average Bonchev–Trinajstić information content (AvgIpc) is 3.82. The summed E-state index contributed by atoms with van der Waals surface area (Å²) in [5.74, 6) is 2.32. The summed E-state index contributed by atoms with van der Waals surface area (Å²) in [6.45, 7) is 19.6. The molecule has 1 N–H and O–H groups in total. The number of imidazole rings is 1. The van der Waals surface area contributed by atoms with Crippen LogP contribution in [0.25, 0.3) is 0 Å². The van der Waals surface area contributed by atoms with Crippen LogP contribution >= 0.6 is 11.6 Å². The van der Waals surface area contributed by atoms with Gasteiger partial charge in [0.2, 0.25) is 0 Å². The number of aliphatic hydroxyl groups is 1. The first-order valence-corrected chi connectivity index (χ1v) is 22.0. The molecule has 4 aliphatic carbocycles. The minimum absolute atomic E-state index is 0.0465. The second-order valence-electron chi connectivity index (χ2n) is 19.5. The standard InChI is InChI=1S/C30H50O.C22H17ClN2/c1-20(2)10-9-11-21(3)22-14-18-30(8)24-12-13-25-27(4,5)26(31)16-17-28(25,6)23(24)15-19-29(22,30)7;23-21-14-8-7-13-20(21)22(25-16-15-24-17-25,18-9-3-1-4-10-18)19-11-5-2-6-12-19/h10,21-22,25-26,31H,9,11-19H2,1-8H3;1-17H/t21-,22-,25+,26+,28-,29-,30+;/m1./s1. The molecular weight excluding hydrogens is 704 g/mol. The van der Waals surface area contributed by atoms with Gasteiger partial charge in [-0.3, -0.25) is 0 Å². The first-order valence-electron chi connectivity index (χ1n) is 21.6. The lowest BCUT2D eigenvalue weighted by atomic mass is 9.43. The van der Waals surface area contributed by atoms with Crippen LogP contribution in [0.3, 0.4) is 0 Å². The zero-order chi connectivity index (χ0) is 39.9. The van der Waals surface area contributed by atoms with E-state index >= 15 is 0 Å². The number of fused-ring (bicyclic) bond motifs is 4. The lowest BCUT2D eigenvalue weighted by Crippen LogP contribution is -2.55. The molecule has 56 heavy (non-hydrogen) atoms. The highest BCUT2D eigenvalue weighted by molar-refractivity contribution is 6.31. The molecule has 298 valence electrons. The monoisotopic (exact) mass is 770 g/mol. The van der Waals surface area contributed by atoms with E-state index in [0.717, 1.165) is 40.0 Å². The molecule has 0 unspecified atom stereocenters. The quantitative estimate of drug-likeness (QED) is 0.143. The van der Waals surface area contributed by atoms with Crippen LogP contribution in [-0.4, -0.2) is 20.8 Å². The number of aliphatic hydroxyl groups excluding tert-OH is 1. The number of benzene rings is 3. The summed E-state index contributed by atoms with van der Waals surface area (Å²) >= 11 is 6.69. The normalized spacial score (nSPS) is 29.9. The van der Waals surface area contributed by atoms with Crippen molar-refractivity contribution in [1.29, 1.82) is 0 Å². The summed E-state index contributed by atoms with van der Waals surface area (Å²) in [4.78, 5) is 4.31. The SMILES string of the molecule is CC(C)=CCC[C@@H](C)[C@H]1CC[C@@]2(C)C3=C(CC[C@]12C)[C@@]1(C)CC[C@H](O)C(C)(C)[C@@H]1CC3.Clc1ccccc1C(c1ccccc1)(c1ccccc1)n1ccnc1. The molecule has 4 aliphatic rings. The molecule has 0 aliphatic heterocycles. The number of rotatable bonds is 8. The number of hydrogen-bond acceptors (Lipinski definition) is 2. The molecule has 1 heterocycles. The summed E-state index contributed by atoms with van der Waals surface area (Å²) < 4.78 is 2.12. The molecule has 0 saturated heterocycles. The first kappa shape index (κ1) is 40.8. The van der Waals surface area contributed by atoms with Gasteiger partial charge in [0.15, 0.2) is 0 Å². The molecule has 8 rings (SSSR count). The van der Waals surface area contributed by atoms with E-state index in [-0.39, 0.29) is 11.5 Å². The van der Waals surface area contributed by atoms with Crippen molar-refractivity contribution in [2.24, 2.45) is 39.4 Å². The van der Waals surface area contributed by atoms with E-state index in [0.29, 0.717) is 22.2 Å². The van der Waals surface area contributed by atoms with Gasteiger partial charge in [0.25, 0.3) is 0 Å². The summed E-state index contributed by atoms with van der Waals surface area (Å²) in [6, 6.07) is 28.8. The fourth-order valence-electron chi connectivity index (χ4n) is 13.0. The molecule has 0 bridgehead atoms. The number of aromatic nitrogens is 2. The Balaban J connectivity index is 0.000000175. The van der Waals surface area contributed by atoms with Gasteiger partial charge in [0.05, 0.1) is 12.4 Å². The molecule has 0 amide bonds. The van der Waals surface area contributed by atoms with Gasteiger partial charge < -0.3 is 9.67 Å². The maximum Gasteiger partial charge on any atom is 0.123 e. The smallest absolute Gasteiger partial charge is 0.123 e. The minimum atomic E-state index is -0.586. The second-order valence-corrected chi connectivity index (χ2v) is 19.9. The van der Waals surface area contributed by atoms with E-state index in [1.807, 2.05) is 54.0 Å². The van der Waals surface area contributed by atoms with Crippen molar-refractivity contribution < 1.29 is 5.11 Å². The molecule has 4 heteroatoms. The van der Waals surface area contributed by atoms with Gasteiger partial charge >= 0.3 is 0 Å². The number of hydrogen-bond donors (Lipinski definition) is 1. The summed E-state index contributed by atoms with van der Waals surface area (Å²) in [6.07, 6.45) is 20.8. The van der Waals surface area contributed by atoms with Crippen LogP contribution in [0.15, 0.2) is 126 Å². The predicted molar refractivity (Wildman–Crippen MR) is 235 cm³/mol. The maximum atomic E-state index is 10.8. The second kappa shape index (κ2) is 15.7. The van der Waals surface area contributed by atoms with Crippen LogP contribution in [0.2, 0.25) is 5.02 Å². The van der Waals surface area contributed by atoms with Gasteiger partial charge in [-0.2, -0.15) is 0 Å². The van der Waals surface area contributed by atoms with Crippen LogP contribution in [-0.2, 0) is 5.54 Å². The average molecular weight is 772 g/mol. The minimum Gasteiger partial charge on any atom is -0.393 e. The van der Waals surface area contributed by atoms with Gasteiger partial charge in [-0.05, 0) is 135 Å². The third-order valence-corrected chi connectivity index (χ3v) is 16.5. The fourth-order valence-corrected chi connectivity index (χ4v) is 13.2. The fraction of sp³-hybridized carbons (Fsp3) is 0.519. The van der Waals surface area contributed by atoms with E-state index in [1.54, 1.807) is 6.20 Å². The summed E-state index contributed by atoms with van der Waals surface area (Å²) in [5, 5.41) is 11.5. The van der Waals surface area contributed by atoms with E-state index in [1.165, 1.54) is 63.4 Å². The van der Waals surface area contributed by atoms with E-state index in [2.05, 4.69) is 126 Å². The van der Waals surface area contributed by atoms with Crippen LogP contribution in [0.5, 0.6) is 0 Å². The van der Waals surface area contributed by atoms with Crippen molar-refractivity contribution in [2.75, 3.05) is 0 Å². The first-order chi connectivity index (χ1) is 26.7. The van der Waals surface area contributed by atoms with E-state index in [9.17, 15) is 5.11 Å². The molecule has 4 aromatic rings. The lowest BCUT2D eigenvalue weighted by molar-refractivity contribution is -0.0962. The highest BCUT2D eigenvalue weighted by Crippen LogP contribution is 2.72. The highest BCUT2D eigenvalue weighted by Gasteiger charge is 2.63. The Labute approximate surface area is 343 Å². The van der Waals surface area contributed by atoms with Gasteiger partial charge in [-0.25, -0.2) is 4.98 Å². The van der Waals surface area contributed by atoms with Gasteiger partial charge in [0, 0.05) is 23.0 Å². The van der Waals surface area contributed by atoms with Crippen molar-refractivity contribution in [3.8, 4) is 0 Å². The Bertz CT molecular complexity index is 1970. The van der Waals surface area contributed by atoms with Crippen molar-refractivity contribution >= 4 is 11.6 Å².